The van der Waals surface area contributed by atoms with Crippen molar-refractivity contribution in [2.24, 2.45) is 0 Å². The zero-order valence-corrected chi connectivity index (χ0v) is 9.29. The molecule has 0 aliphatic rings. The van der Waals surface area contributed by atoms with Crippen LogP contribution in [0.15, 0.2) is 34.9 Å². The van der Waals surface area contributed by atoms with E-state index in [1.54, 1.807) is 24.3 Å². The van der Waals surface area contributed by atoms with E-state index in [1.165, 1.54) is 6.26 Å². The molecule has 0 fully saturated rings. The van der Waals surface area contributed by atoms with Gasteiger partial charge in [-0.05, 0) is 6.07 Å². The molecule has 6 heteroatoms. The van der Waals surface area contributed by atoms with Crippen molar-refractivity contribution in [3.8, 4) is 0 Å². The molecule has 0 saturated heterocycles. The summed E-state index contributed by atoms with van der Waals surface area (Å²) in [6, 6.07) is 5.58. The highest BCUT2D eigenvalue weighted by atomic mass is 16.4. The van der Waals surface area contributed by atoms with Crippen LogP contribution in [0.2, 0.25) is 0 Å². The first kappa shape index (κ1) is 12.1. The minimum Gasteiger partial charge on any atom is -0.480 e. The van der Waals surface area contributed by atoms with Crippen LogP contribution in [0.5, 0.6) is 0 Å². The molecule has 6 nitrogen and oxygen atoms in total. The number of carboxylic acid groups (broad SMARTS) is 1. The Kier molecular flexibility index (Phi) is 3.29. The Morgan fingerprint density at radius 3 is 2.72 bits per heavy atom. The Labute approximate surface area is 102 Å². The number of rotatable bonds is 4. The largest absolute Gasteiger partial charge is 0.480 e. The van der Waals surface area contributed by atoms with E-state index in [-0.39, 0.29) is 5.56 Å². The number of aliphatic hydroxyl groups excluding tert-OH is 1. The number of fused-ring (bicyclic) bond motifs is 1. The number of para-hydroxylation sites is 1. The number of carbonyl (C=O) groups is 2. The fourth-order valence-electron chi connectivity index (χ4n) is 1.58. The molecule has 2 aromatic rings. The zero-order chi connectivity index (χ0) is 13.1. The van der Waals surface area contributed by atoms with Gasteiger partial charge in [-0.2, -0.15) is 0 Å². The average molecular weight is 249 g/mol. The van der Waals surface area contributed by atoms with Crippen molar-refractivity contribution in [2.75, 3.05) is 6.61 Å². The van der Waals surface area contributed by atoms with Crippen molar-refractivity contribution in [1.29, 1.82) is 0 Å². The second-order valence-corrected chi connectivity index (χ2v) is 3.69. The van der Waals surface area contributed by atoms with Gasteiger partial charge < -0.3 is 19.9 Å². The molecule has 0 saturated carbocycles. The van der Waals surface area contributed by atoms with Crippen LogP contribution in [0, 0.1) is 0 Å². The predicted octanol–water partition coefficient (Wildman–Crippen LogP) is 0.608. The van der Waals surface area contributed by atoms with Crippen LogP contribution in [0.4, 0.5) is 0 Å². The number of aliphatic hydroxyl groups is 1. The average Bonchev–Trinajstić information content (AvgIpc) is 2.79. The lowest BCUT2D eigenvalue weighted by atomic mass is 10.1. The molecule has 0 unspecified atom stereocenters. The number of carbonyl (C=O) groups excluding carboxylic acids is 1. The molecule has 94 valence electrons. The normalized spacial score (nSPS) is 12.3. The molecule has 0 bridgehead atoms. The highest BCUT2D eigenvalue weighted by Gasteiger charge is 2.21. The van der Waals surface area contributed by atoms with E-state index >= 15 is 0 Å². The van der Waals surface area contributed by atoms with Gasteiger partial charge in [0.2, 0.25) is 0 Å². The smallest absolute Gasteiger partial charge is 0.328 e. The summed E-state index contributed by atoms with van der Waals surface area (Å²) in [5, 5.41) is 20.4. The highest BCUT2D eigenvalue weighted by molar-refractivity contribution is 6.06. The molecule has 1 amide bonds. The van der Waals surface area contributed by atoms with E-state index in [0.29, 0.717) is 11.0 Å². The topological polar surface area (TPSA) is 99.8 Å². The molecule has 3 N–H and O–H groups in total. The Hall–Kier alpha value is -2.34. The Balaban J connectivity index is 2.26. The van der Waals surface area contributed by atoms with Crippen LogP contribution in [0.3, 0.4) is 0 Å². The quantitative estimate of drug-likeness (QED) is 0.737. The van der Waals surface area contributed by atoms with Crippen molar-refractivity contribution in [2.45, 2.75) is 6.04 Å². The predicted molar refractivity (Wildman–Crippen MR) is 62.2 cm³/mol. The standard InChI is InChI=1S/C12H11NO5/c14-5-9(12(16)17)13-11(15)8-6-18-10-4-2-1-3-7(8)10/h1-4,6,9,14H,5H2,(H,13,15)(H,16,17)/t9-/m0/s1. The van der Waals surface area contributed by atoms with Gasteiger partial charge in [-0.1, -0.05) is 18.2 Å². The third-order valence-electron chi connectivity index (χ3n) is 2.51. The van der Waals surface area contributed by atoms with Crippen LogP contribution in [0.1, 0.15) is 10.4 Å². The SMILES string of the molecule is O=C(N[C@@H](CO)C(=O)O)c1coc2ccccc12. The van der Waals surface area contributed by atoms with Crippen LogP contribution < -0.4 is 5.32 Å². The van der Waals surface area contributed by atoms with Crippen molar-refractivity contribution in [1.82, 2.24) is 5.32 Å². The van der Waals surface area contributed by atoms with Gasteiger partial charge in [0, 0.05) is 5.39 Å². The third-order valence-corrected chi connectivity index (χ3v) is 2.51. The molecule has 1 heterocycles. The van der Waals surface area contributed by atoms with Gasteiger partial charge in [0.15, 0.2) is 6.04 Å². The van der Waals surface area contributed by atoms with Gasteiger partial charge >= 0.3 is 5.97 Å². The number of hydrogen-bond acceptors (Lipinski definition) is 4. The van der Waals surface area contributed by atoms with Gasteiger partial charge in [-0.3, -0.25) is 4.79 Å². The summed E-state index contributed by atoms with van der Waals surface area (Å²) in [4.78, 5) is 22.5. The van der Waals surface area contributed by atoms with E-state index in [9.17, 15) is 9.59 Å². The molecule has 18 heavy (non-hydrogen) atoms. The third kappa shape index (κ3) is 2.18. The summed E-state index contributed by atoms with van der Waals surface area (Å²) in [5.74, 6) is -1.89. The van der Waals surface area contributed by atoms with Crippen LogP contribution >= 0.6 is 0 Å². The second kappa shape index (κ2) is 4.89. The van der Waals surface area contributed by atoms with Gasteiger partial charge in [0.05, 0.1) is 12.2 Å². The zero-order valence-electron chi connectivity index (χ0n) is 9.29. The summed E-state index contributed by atoms with van der Waals surface area (Å²) in [6.07, 6.45) is 1.26. The van der Waals surface area contributed by atoms with Crippen molar-refractivity contribution < 1.29 is 24.2 Å². The lowest BCUT2D eigenvalue weighted by molar-refractivity contribution is -0.140. The molecular weight excluding hydrogens is 238 g/mol. The Bertz CT molecular complexity index is 589. The number of hydrogen-bond donors (Lipinski definition) is 3. The van der Waals surface area contributed by atoms with Gasteiger partial charge in [-0.25, -0.2) is 4.79 Å². The molecule has 0 radical (unpaired) electrons. The van der Waals surface area contributed by atoms with Crippen LogP contribution in [-0.4, -0.2) is 34.7 Å². The first-order chi connectivity index (χ1) is 8.63. The maximum Gasteiger partial charge on any atom is 0.328 e. The van der Waals surface area contributed by atoms with Crippen LogP contribution in [0.25, 0.3) is 11.0 Å². The number of furan rings is 1. The fraction of sp³-hybridized carbons (Fsp3) is 0.167. The number of carboxylic acids is 1. The van der Waals surface area contributed by atoms with Gasteiger partial charge in [0.1, 0.15) is 11.8 Å². The number of benzene rings is 1. The number of aliphatic carboxylic acids is 1. The highest BCUT2D eigenvalue weighted by Crippen LogP contribution is 2.20. The molecule has 0 aliphatic heterocycles. The summed E-state index contributed by atoms with van der Waals surface area (Å²) >= 11 is 0. The van der Waals surface area contributed by atoms with Crippen LogP contribution in [-0.2, 0) is 4.79 Å². The van der Waals surface area contributed by atoms with E-state index in [0.717, 1.165) is 0 Å². The Morgan fingerprint density at radius 1 is 1.33 bits per heavy atom. The molecule has 1 aromatic carbocycles. The van der Waals surface area contributed by atoms with Gasteiger partial charge in [0.25, 0.3) is 5.91 Å². The summed E-state index contributed by atoms with van der Waals surface area (Å²) in [7, 11) is 0. The van der Waals surface area contributed by atoms with Crippen molar-refractivity contribution in [3.63, 3.8) is 0 Å². The minimum atomic E-state index is -1.33. The number of nitrogens with one attached hydrogen (secondary N) is 1. The van der Waals surface area contributed by atoms with Crippen molar-refractivity contribution in [3.05, 3.63) is 36.1 Å². The number of amides is 1. The maximum absolute atomic E-state index is 11.8. The lowest BCUT2D eigenvalue weighted by Gasteiger charge is -2.10. The second-order valence-electron chi connectivity index (χ2n) is 3.69. The molecule has 0 spiro atoms. The van der Waals surface area contributed by atoms with E-state index in [2.05, 4.69) is 5.32 Å². The van der Waals surface area contributed by atoms with E-state index in [1.807, 2.05) is 0 Å². The first-order valence-corrected chi connectivity index (χ1v) is 5.24. The maximum atomic E-state index is 11.8. The molecule has 2 rings (SSSR count). The monoisotopic (exact) mass is 249 g/mol. The van der Waals surface area contributed by atoms with Gasteiger partial charge in [-0.15, -0.1) is 0 Å². The molecule has 1 aromatic heterocycles. The fourth-order valence-corrected chi connectivity index (χ4v) is 1.58. The van der Waals surface area contributed by atoms with Crippen molar-refractivity contribution >= 4 is 22.8 Å². The summed E-state index contributed by atoms with van der Waals surface area (Å²) < 4.78 is 5.18. The molecular formula is C12H11NO5. The minimum absolute atomic E-state index is 0.241. The summed E-state index contributed by atoms with van der Waals surface area (Å²) in [6.45, 7) is -0.670. The molecule has 1 atom stereocenters. The van der Waals surface area contributed by atoms with E-state index in [4.69, 9.17) is 14.6 Å². The molecule has 0 aliphatic carbocycles. The summed E-state index contributed by atoms with van der Waals surface area (Å²) in [5.41, 5.74) is 0.781. The van der Waals surface area contributed by atoms with E-state index < -0.39 is 24.5 Å². The lowest BCUT2D eigenvalue weighted by Crippen LogP contribution is -2.43. The Morgan fingerprint density at radius 2 is 2.06 bits per heavy atom. The first-order valence-electron chi connectivity index (χ1n) is 5.24.